The fourth-order valence-electron chi connectivity index (χ4n) is 4.29. The molecule has 0 saturated carbocycles. The predicted octanol–water partition coefficient (Wildman–Crippen LogP) is 10.1. The summed E-state index contributed by atoms with van der Waals surface area (Å²) in [6.07, 6.45) is 10.8. The van der Waals surface area contributed by atoms with E-state index in [-0.39, 0.29) is 0 Å². The first-order valence-electron chi connectivity index (χ1n) is 12.6. The maximum absolute atomic E-state index is 2.31. The summed E-state index contributed by atoms with van der Waals surface area (Å²) in [4.78, 5) is 2.31. The molecule has 4 rings (SSSR count). The van der Waals surface area contributed by atoms with Crippen LogP contribution in [0.2, 0.25) is 0 Å². The summed E-state index contributed by atoms with van der Waals surface area (Å²) < 4.78 is 0. The quantitative estimate of drug-likeness (QED) is 0.183. The van der Waals surface area contributed by atoms with Crippen LogP contribution in [0.15, 0.2) is 127 Å². The Hall–Kier alpha value is -4.10. The topological polar surface area (TPSA) is 3.24 Å². The Bertz CT molecular complexity index is 1280. The van der Waals surface area contributed by atoms with Crippen LogP contribution in [0.4, 0.5) is 17.1 Å². The lowest BCUT2D eigenvalue weighted by molar-refractivity contribution is 0.969. The van der Waals surface area contributed by atoms with Gasteiger partial charge in [-0.15, -0.1) is 0 Å². The maximum atomic E-state index is 2.31. The van der Waals surface area contributed by atoms with Crippen molar-refractivity contribution in [1.82, 2.24) is 0 Å². The third kappa shape index (κ3) is 6.31. The van der Waals surface area contributed by atoms with Crippen LogP contribution in [0.25, 0.3) is 11.6 Å². The molecule has 1 nitrogen and oxygen atoms in total. The maximum Gasteiger partial charge on any atom is 0.0462 e. The molecule has 4 aromatic rings. The van der Waals surface area contributed by atoms with Gasteiger partial charge in [-0.05, 0) is 79.8 Å². The van der Waals surface area contributed by atoms with Crippen LogP contribution >= 0.6 is 0 Å². The van der Waals surface area contributed by atoms with E-state index in [0.29, 0.717) is 5.92 Å². The molecule has 1 unspecified atom stereocenters. The summed E-state index contributed by atoms with van der Waals surface area (Å²) in [6.45, 7) is 8.55. The first-order chi connectivity index (χ1) is 17.5. The van der Waals surface area contributed by atoms with E-state index >= 15 is 0 Å². The molecule has 0 spiro atoms. The predicted molar refractivity (Wildman–Crippen MR) is 158 cm³/mol. The van der Waals surface area contributed by atoms with Gasteiger partial charge in [0.1, 0.15) is 0 Å². The van der Waals surface area contributed by atoms with Gasteiger partial charge in [0, 0.05) is 17.1 Å². The van der Waals surface area contributed by atoms with E-state index in [9.17, 15) is 0 Å². The third-order valence-corrected chi connectivity index (χ3v) is 6.36. The Kier molecular flexibility index (Phi) is 8.36. The second kappa shape index (κ2) is 12.0. The van der Waals surface area contributed by atoms with Crippen LogP contribution < -0.4 is 4.90 Å². The summed E-state index contributed by atoms with van der Waals surface area (Å²) in [6, 6.07) is 37.0. The van der Waals surface area contributed by atoms with Gasteiger partial charge in [-0.25, -0.2) is 0 Å². The highest BCUT2D eigenvalue weighted by Crippen LogP contribution is 2.35. The molecular formula is C35H35N. The van der Waals surface area contributed by atoms with Gasteiger partial charge in [0.25, 0.3) is 0 Å². The average molecular weight is 470 g/mol. The molecule has 0 aliphatic carbocycles. The molecule has 0 bridgehead atoms. The van der Waals surface area contributed by atoms with Gasteiger partial charge in [0.05, 0.1) is 0 Å². The molecule has 0 fully saturated rings. The zero-order valence-electron chi connectivity index (χ0n) is 21.7. The smallest absolute Gasteiger partial charge is 0.0462 e. The van der Waals surface area contributed by atoms with Gasteiger partial charge in [-0.2, -0.15) is 0 Å². The molecule has 1 heteroatoms. The minimum atomic E-state index is 0.292. The first-order valence-corrected chi connectivity index (χ1v) is 12.6. The highest BCUT2D eigenvalue weighted by molar-refractivity contribution is 5.84. The molecule has 0 N–H and O–H groups in total. The van der Waals surface area contributed by atoms with E-state index in [1.165, 1.54) is 27.8 Å². The van der Waals surface area contributed by atoms with E-state index in [0.717, 1.165) is 17.1 Å². The Balaban J connectivity index is 1.72. The second-order valence-electron chi connectivity index (χ2n) is 9.26. The molecule has 0 amide bonds. The van der Waals surface area contributed by atoms with Crippen molar-refractivity contribution in [3.05, 3.63) is 150 Å². The summed E-state index contributed by atoms with van der Waals surface area (Å²) >= 11 is 0. The summed E-state index contributed by atoms with van der Waals surface area (Å²) in [5.74, 6) is 0.292. The molecular weight excluding hydrogens is 434 g/mol. The molecule has 36 heavy (non-hydrogen) atoms. The summed E-state index contributed by atoms with van der Waals surface area (Å²) in [7, 11) is 0. The normalized spacial score (nSPS) is 12.8. The number of hydrogen-bond acceptors (Lipinski definition) is 1. The number of aryl methyl sites for hydroxylation is 2. The fraction of sp³-hybridized carbons (Fsp3) is 0.143. The molecule has 0 saturated heterocycles. The molecule has 0 aliphatic rings. The lowest BCUT2D eigenvalue weighted by atomic mass is 9.91. The zero-order valence-corrected chi connectivity index (χ0v) is 21.7. The fourth-order valence-corrected chi connectivity index (χ4v) is 4.29. The minimum absolute atomic E-state index is 0.292. The van der Waals surface area contributed by atoms with E-state index in [1.807, 2.05) is 6.92 Å². The molecule has 0 aromatic heterocycles. The van der Waals surface area contributed by atoms with Crippen LogP contribution in [0.3, 0.4) is 0 Å². The zero-order chi connectivity index (χ0) is 25.3. The van der Waals surface area contributed by atoms with Crippen molar-refractivity contribution in [3.8, 4) is 0 Å². The molecule has 1 atom stereocenters. The molecule has 0 aliphatic heterocycles. The number of rotatable bonds is 8. The Morgan fingerprint density at radius 2 is 1.14 bits per heavy atom. The Labute approximate surface area is 216 Å². The third-order valence-electron chi connectivity index (χ3n) is 6.36. The summed E-state index contributed by atoms with van der Waals surface area (Å²) in [5.41, 5.74) is 9.71. The average Bonchev–Trinajstić information content (AvgIpc) is 2.91. The van der Waals surface area contributed by atoms with Crippen molar-refractivity contribution in [2.75, 3.05) is 4.90 Å². The summed E-state index contributed by atoms with van der Waals surface area (Å²) in [5, 5.41) is 0. The van der Waals surface area contributed by atoms with Crippen molar-refractivity contribution in [1.29, 1.82) is 0 Å². The van der Waals surface area contributed by atoms with Crippen molar-refractivity contribution >= 4 is 28.7 Å². The van der Waals surface area contributed by atoms with Gasteiger partial charge in [-0.1, -0.05) is 115 Å². The van der Waals surface area contributed by atoms with Crippen molar-refractivity contribution in [2.45, 2.75) is 27.7 Å². The van der Waals surface area contributed by atoms with Crippen LogP contribution in [-0.4, -0.2) is 0 Å². The van der Waals surface area contributed by atoms with Gasteiger partial charge in [0.2, 0.25) is 0 Å². The monoisotopic (exact) mass is 469 g/mol. The highest BCUT2D eigenvalue weighted by atomic mass is 15.1. The van der Waals surface area contributed by atoms with E-state index in [2.05, 4.69) is 159 Å². The van der Waals surface area contributed by atoms with Crippen LogP contribution in [-0.2, 0) is 0 Å². The van der Waals surface area contributed by atoms with Gasteiger partial charge in [-0.3, -0.25) is 0 Å². The number of benzene rings is 4. The minimum Gasteiger partial charge on any atom is -0.311 e. The van der Waals surface area contributed by atoms with Crippen LogP contribution in [0, 0.1) is 19.8 Å². The lowest BCUT2D eigenvalue weighted by Gasteiger charge is -2.26. The van der Waals surface area contributed by atoms with E-state index < -0.39 is 0 Å². The highest BCUT2D eigenvalue weighted by Gasteiger charge is 2.13. The second-order valence-corrected chi connectivity index (χ2v) is 9.26. The number of nitrogens with zero attached hydrogens (tertiary/aromatic N) is 1. The molecule has 4 aromatic carbocycles. The Morgan fingerprint density at radius 1 is 0.639 bits per heavy atom. The van der Waals surface area contributed by atoms with Gasteiger partial charge in [0.15, 0.2) is 0 Å². The molecule has 0 radical (unpaired) electrons. The van der Waals surface area contributed by atoms with Gasteiger partial charge < -0.3 is 4.90 Å². The van der Waals surface area contributed by atoms with Crippen LogP contribution in [0.5, 0.6) is 0 Å². The van der Waals surface area contributed by atoms with Gasteiger partial charge >= 0.3 is 0 Å². The van der Waals surface area contributed by atoms with E-state index in [1.54, 1.807) is 0 Å². The number of anilines is 3. The van der Waals surface area contributed by atoms with Crippen molar-refractivity contribution in [2.24, 2.45) is 5.92 Å². The molecule has 180 valence electrons. The molecule has 0 heterocycles. The van der Waals surface area contributed by atoms with E-state index in [4.69, 9.17) is 0 Å². The Morgan fingerprint density at radius 3 is 1.64 bits per heavy atom. The number of allylic oxidation sites excluding steroid dienone is 5. The largest absolute Gasteiger partial charge is 0.311 e. The van der Waals surface area contributed by atoms with Crippen molar-refractivity contribution < 1.29 is 0 Å². The SMILES string of the molecule is C/C=C\C=C/C(C)/C(=C/c1ccc(N(c2ccc(C)cc2)c2ccc(C)cc2)cc1)c1ccccc1. The van der Waals surface area contributed by atoms with Crippen molar-refractivity contribution in [3.63, 3.8) is 0 Å². The standard InChI is InChI=1S/C35H35N/c1-5-6-8-11-29(4)35(31-12-9-7-10-13-31)26-30-18-24-34(25-19-30)36(32-20-14-27(2)15-21-32)33-22-16-28(3)17-23-33/h5-26,29H,1-4H3/b6-5-,11-8-,35-26-. The number of hydrogen-bond donors (Lipinski definition) is 0. The first kappa shape index (κ1) is 25.0. The lowest BCUT2D eigenvalue weighted by Crippen LogP contribution is -2.09. The van der Waals surface area contributed by atoms with Crippen LogP contribution in [0.1, 0.15) is 36.1 Å².